The van der Waals surface area contributed by atoms with Crippen LogP contribution in [0.25, 0.3) is 0 Å². The van der Waals surface area contributed by atoms with Gasteiger partial charge in [0.1, 0.15) is 18.2 Å². The van der Waals surface area contributed by atoms with Crippen LogP contribution in [0.4, 0.5) is 4.79 Å². The molecule has 230 valence electrons. The molecule has 0 bridgehead atoms. The van der Waals surface area contributed by atoms with E-state index in [1.165, 1.54) is 5.56 Å². The first-order valence-electron chi connectivity index (χ1n) is 14.2. The fourth-order valence-corrected chi connectivity index (χ4v) is 4.05. The molecule has 0 fully saturated rings. The average Bonchev–Trinajstić information content (AvgIpc) is 2.93. The van der Waals surface area contributed by atoms with Gasteiger partial charge >= 0.3 is 12.1 Å². The van der Waals surface area contributed by atoms with Gasteiger partial charge in [-0.25, -0.2) is 9.59 Å². The molecule has 42 heavy (non-hydrogen) atoms. The van der Waals surface area contributed by atoms with Crippen molar-refractivity contribution in [2.45, 2.75) is 84.6 Å². The fourth-order valence-electron chi connectivity index (χ4n) is 4.05. The minimum absolute atomic E-state index is 0.0211. The number of alkyl carbamates (subject to hydrolysis) is 1. The first-order valence-corrected chi connectivity index (χ1v) is 14.2. The second kappa shape index (κ2) is 16.5. The molecule has 0 saturated heterocycles. The van der Waals surface area contributed by atoms with Crippen LogP contribution in [0.15, 0.2) is 54.6 Å². The van der Waals surface area contributed by atoms with Crippen LogP contribution in [0.5, 0.6) is 0 Å². The number of hydrogen-bond acceptors (Lipinski definition) is 7. The smallest absolute Gasteiger partial charge is 0.408 e. The average molecular weight is 584 g/mol. The van der Waals surface area contributed by atoms with E-state index < -0.39 is 54.6 Å². The van der Waals surface area contributed by atoms with Crippen LogP contribution in [0.1, 0.15) is 70.6 Å². The molecule has 0 saturated carbocycles. The number of aliphatic hydroxyl groups is 1. The van der Waals surface area contributed by atoms with Gasteiger partial charge in [-0.05, 0) is 56.7 Å². The van der Waals surface area contributed by atoms with Gasteiger partial charge in [0.2, 0.25) is 11.8 Å². The Balaban J connectivity index is 1.94. The zero-order valence-corrected chi connectivity index (χ0v) is 25.4. The molecule has 0 aliphatic heterocycles. The van der Waals surface area contributed by atoms with Crippen LogP contribution >= 0.6 is 0 Å². The van der Waals surface area contributed by atoms with Crippen LogP contribution < -0.4 is 16.0 Å². The van der Waals surface area contributed by atoms with Gasteiger partial charge in [-0.1, -0.05) is 68.4 Å². The topological polar surface area (TPSA) is 143 Å². The number of amides is 3. The van der Waals surface area contributed by atoms with E-state index >= 15 is 0 Å². The molecular weight excluding hydrogens is 538 g/mol. The third kappa shape index (κ3) is 12.7. The standard InChI is InChI=1S/C32H45N3O7/c1-21(2)16-23-12-14-25(15-13-23)22(3)29(38)33-18-26(19-36)34-28(37)17-27(30(39)42-32(4,5)6)35-31(40)41-20-24-10-8-7-9-11-24/h7-15,21-22,26-27,36H,16-20H2,1-6H3,(H,33,38)(H,34,37)(H,35,40)/t22-,26+,27?/m0/s1. The van der Waals surface area contributed by atoms with E-state index in [-0.39, 0.29) is 19.1 Å². The summed E-state index contributed by atoms with van der Waals surface area (Å²) in [7, 11) is 0. The van der Waals surface area contributed by atoms with E-state index in [0.29, 0.717) is 5.92 Å². The molecule has 1 unspecified atom stereocenters. The molecule has 0 spiro atoms. The van der Waals surface area contributed by atoms with Gasteiger partial charge in [0, 0.05) is 6.54 Å². The predicted octanol–water partition coefficient (Wildman–Crippen LogP) is 3.61. The molecule has 0 aliphatic rings. The first-order chi connectivity index (χ1) is 19.8. The molecule has 2 aromatic carbocycles. The van der Waals surface area contributed by atoms with Crippen LogP contribution in [0, 0.1) is 5.92 Å². The summed E-state index contributed by atoms with van der Waals surface area (Å²) in [6.45, 7) is 10.6. The van der Waals surface area contributed by atoms with Crippen molar-refractivity contribution in [3.63, 3.8) is 0 Å². The summed E-state index contributed by atoms with van der Waals surface area (Å²) in [4.78, 5) is 50.8. The van der Waals surface area contributed by atoms with Gasteiger partial charge in [-0.2, -0.15) is 0 Å². The van der Waals surface area contributed by atoms with Gasteiger partial charge in [-0.3, -0.25) is 9.59 Å². The highest BCUT2D eigenvalue weighted by Crippen LogP contribution is 2.18. The van der Waals surface area contributed by atoms with E-state index in [0.717, 1.165) is 17.5 Å². The van der Waals surface area contributed by atoms with Crippen molar-refractivity contribution in [2.24, 2.45) is 5.92 Å². The van der Waals surface area contributed by atoms with Gasteiger partial charge in [0.15, 0.2) is 0 Å². The molecule has 3 amide bonds. The minimum atomic E-state index is -1.33. The number of esters is 1. The van der Waals surface area contributed by atoms with E-state index in [4.69, 9.17) is 9.47 Å². The maximum Gasteiger partial charge on any atom is 0.408 e. The Kier molecular flexibility index (Phi) is 13.5. The number of carbonyl (C=O) groups excluding carboxylic acids is 4. The Bertz CT molecular complexity index is 1160. The monoisotopic (exact) mass is 583 g/mol. The van der Waals surface area contributed by atoms with Crippen molar-refractivity contribution in [3.8, 4) is 0 Å². The molecule has 0 aliphatic carbocycles. The number of hydrogen-bond donors (Lipinski definition) is 4. The van der Waals surface area contributed by atoms with Crippen LogP contribution in [0.3, 0.4) is 0 Å². The lowest BCUT2D eigenvalue weighted by Gasteiger charge is -2.25. The number of ether oxygens (including phenoxy) is 2. The summed E-state index contributed by atoms with van der Waals surface area (Å²) in [5.41, 5.74) is 1.96. The van der Waals surface area contributed by atoms with E-state index in [2.05, 4.69) is 29.8 Å². The van der Waals surface area contributed by atoms with Crippen LogP contribution in [-0.2, 0) is 36.9 Å². The van der Waals surface area contributed by atoms with Gasteiger partial charge in [0.25, 0.3) is 0 Å². The summed E-state index contributed by atoms with van der Waals surface area (Å²) in [5.74, 6) is -1.59. The fraction of sp³-hybridized carbons (Fsp3) is 0.500. The Morgan fingerprint density at radius 2 is 1.52 bits per heavy atom. The first kappa shape index (κ1) is 34.3. The highest BCUT2D eigenvalue weighted by atomic mass is 16.6. The molecule has 0 radical (unpaired) electrons. The molecule has 3 atom stereocenters. The minimum Gasteiger partial charge on any atom is -0.458 e. The maximum absolute atomic E-state index is 12.8. The summed E-state index contributed by atoms with van der Waals surface area (Å²) >= 11 is 0. The van der Waals surface area contributed by atoms with Crippen molar-refractivity contribution >= 4 is 23.9 Å². The van der Waals surface area contributed by atoms with Gasteiger partial charge in [0.05, 0.1) is 25.0 Å². The van der Waals surface area contributed by atoms with Gasteiger partial charge in [-0.15, -0.1) is 0 Å². The molecule has 0 aromatic heterocycles. The normalized spacial score (nSPS) is 13.4. The quantitative estimate of drug-likeness (QED) is 0.249. The highest BCUT2D eigenvalue weighted by Gasteiger charge is 2.30. The van der Waals surface area contributed by atoms with Crippen molar-refractivity contribution < 1.29 is 33.8 Å². The van der Waals surface area contributed by atoms with E-state index in [9.17, 15) is 24.3 Å². The summed E-state index contributed by atoms with van der Waals surface area (Å²) in [5, 5.41) is 17.6. The maximum atomic E-state index is 12.8. The van der Waals surface area contributed by atoms with Crippen molar-refractivity contribution in [3.05, 3.63) is 71.3 Å². The Labute approximate surface area is 248 Å². The highest BCUT2D eigenvalue weighted by molar-refractivity contribution is 5.88. The number of nitrogens with one attached hydrogen (secondary N) is 3. The Morgan fingerprint density at radius 1 is 0.881 bits per heavy atom. The second-order valence-corrected chi connectivity index (χ2v) is 11.7. The number of carbonyl (C=O) groups is 4. The number of benzene rings is 2. The summed E-state index contributed by atoms with van der Waals surface area (Å²) in [6.07, 6.45) is -0.392. The molecule has 2 aromatic rings. The predicted molar refractivity (Wildman–Crippen MR) is 159 cm³/mol. The lowest BCUT2D eigenvalue weighted by Crippen LogP contribution is -2.50. The lowest BCUT2D eigenvalue weighted by atomic mass is 9.96. The second-order valence-electron chi connectivity index (χ2n) is 11.7. The summed E-state index contributed by atoms with van der Waals surface area (Å²) < 4.78 is 10.6. The summed E-state index contributed by atoms with van der Waals surface area (Å²) in [6, 6.07) is 14.8. The van der Waals surface area contributed by atoms with E-state index in [1.54, 1.807) is 52.0 Å². The van der Waals surface area contributed by atoms with Crippen molar-refractivity contribution in [2.75, 3.05) is 13.2 Å². The number of rotatable bonds is 14. The van der Waals surface area contributed by atoms with Crippen molar-refractivity contribution in [1.82, 2.24) is 16.0 Å². The van der Waals surface area contributed by atoms with Gasteiger partial charge < -0.3 is 30.5 Å². The molecule has 10 nitrogen and oxygen atoms in total. The molecule has 10 heteroatoms. The van der Waals surface area contributed by atoms with Crippen molar-refractivity contribution in [1.29, 1.82) is 0 Å². The Hall–Kier alpha value is -3.92. The zero-order valence-electron chi connectivity index (χ0n) is 25.4. The largest absolute Gasteiger partial charge is 0.458 e. The molecule has 2 rings (SSSR count). The SMILES string of the molecule is CC(C)Cc1ccc([C@H](C)C(=O)NC[C@H](CO)NC(=O)CC(NC(=O)OCc2ccccc2)C(=O)OC(C)(C)C)cc1. The zero-order chi connectivity index (χ0) is 31.3. The lowest BCUT2D eigenvalue weighted by molar-refractivity contribution is -0.158. The molecule has 0 heterocycles. The molecular formula is C32H45N3O7. The number of aliphatic hydroxyl groups excluding tert-OH is 1. The Morgan fingerprint density at radius 3 is 2.10 bits per heavy atom. The van der Waals surface area contributed by atoms with Crippen LogP contribution in [-0.4, -0.2) is 59.8 Å². The van der Waals surface area contributed by atoms with E-state index in [1.807, 2.05) is 30.3 Å². The third-order valence-electron chi connectivity index (χ3n) is 6.21. The molecule has 4 N–H and O–H groups in total. The third-order valence-corrected chi connectivity index (χ3v) is 6.21. The van der Waals surface area contributed by atoms with Crippen LogP contribution in [0.2, 0.25) is 0 Å².